The summed E-state index contributed by atoms with van der Waals surface area (Å²) in [5.41, 5.74) is -0.904. The summed E-state index contributed by atoms with van der Waals surface area (Å²) in [4.78, 5) is 12.8. The van der Waals surface area contributed by atoms with E-state index in [2.05, 4.69) is 10.4 Å². The highest BCUT2D eigenvalue weighted by atomic mass is 32.1. The fraction of sp³-hybridized carbons (Fsp3) is 0.125. The predicted octanol–water partition coefficient (Wildman–Crippen LogP) is 4.13. The number of nitrogens with one attached hydrogen (secondary N) is 1. The molecule has 0 fully saturated rings. The molecule has 1 N–H and O–H groups in total. The molecule has 2 heterocycles. The fourth-order valence-electron chi connectivity index (χ4n) is 2.21. The molecule has 0 saturated heterocycles. The van der Waals surface area contributed by atoms with Crippen LogP contribution in [0.3, 0.4) is 0 Å². The number of anilines is 1. The third-order valence-corrected chi connectivity index (χ3v) is 4.14. The zero-order valence-corrected chi connectivity index (χ0v) is 13.1. The zero-order valence-electron chi connectivity index (χ0n) is 12.2. The molecule has 0 radical (unpaired) electrons. The van der Waals surface area contributed by atoms with Crippen LogP contribution in [0.2, 0.25) is 0 Å². The molecule has 24 heavy (non-hydrogen) atoms. The van der Waals surface area contributed by atoms with Crippen molar-refractivity contribution in [2.24, 2.45) is 0 Å². The fourth-order valence-corrected chi connectivity index (χ4v) is 2.91. The summed E-state index contributed by atoms with van der Waals surface area (Å²) in [6, 6.07) is 8.84. The lowest BCUT2D eigenvalue weighted by molar-refractivity contribution is -0.137. The van der Waals surface area contributed by atoms with Crippen LogP contribution in [0.4, 0.5) is 18.9 Å². The van der Waals surface area contributed by atoms with E-state index in [1.165, 1.54) is 34.3 Å². The number of benzene rings is 1. The molecule has 4 nitrogen and oxygen atoms in total. The minimum absolute atomic E-state index is 0.0376. The molecule has 0 saturated carbocycles. The first kappa shape index (κ1) is 16.3. The maximum atomic E-state index is 13.3. The highest BCUT2D eigenvalue weighted by Gasteiger charge is 2.34. The van der Waals surface area contributed by atoms with Gasteiger partial charge in [0.25, 0.3) is 0 Å². The van der Waals surface area contributed by atoms with Gasteiger partial charge in [0.2, 0.25) is 5.91 Å². The van der Waals surface area contributed by atoms with E-state index in [4.69, 9.17) is 0 Å². The molecule has 0 bridgehead atoms. The molecule has 1 amide bonds. The van der Waals surface area contributed by atoms with Crippen LogP contribution in [0.15, 0.2) is 54.2 Å². The van der Waals surface area contributed by atoms with Crippen molar-refractivity contribution in [2.75, 3.05) is 5.32 Å². The van der Waals surface area contributed by atoms with Gasteiger partial charge in [0.1, 0.15) is 0 Å². The topological polar surface area (TPSA) is 46.9 Å². The second-order valence-corrected chi connectivity index (χ2v) is 6.01. The van der Waals surface area contributed by atoms with Gasteiger partial charge in [-0.3, -0.25) is 4.79 Å². The minimum atomic E-state index is -4.59. The van der Waals surface area contributed by atoms with Crippen molar-refractivity contribution in [1.29, 1.82) is 0 Å². The Balaban J connectivity index is 1.88. The first-order valence-electron chi connectivity index (χ1n) is 6.97. The lowest BCUT2D eigenvalue weighted by atomic mass is 10.1. The first-order valence-corrected chi connectivity index (χ1v) is 7.85. The van der Waals surface area contributed by atoms with Crippen LogP contribution in [0.1, 0.15) is 10.4 Å². The number of hydrogen-bond donors (Lipinski definition) is 1. The summed E-state index contributed by atoms with van der Waals surface area (Å²) in [6.07, 6.45) is -1.53. The van der Waals surface area contributed by atoms with Gasteiger partial charge in [-0.05, 0) is 35.7 Å². The number of thiophene rings is 1. The molecule has 0 aliphatic heterocycles. The highest BCUT2D eigenvalue weighted by molar-refractivity contribution is 7.10. The molecule has 0 spiro atoms. The van der Waals surface area contributed by atoms with Gasteiger partial charge in [-0.2, -0.15) is 18.3 Å². The van der Waals surface area contributed by atoms with Crippen LogP contribution < -0.4 is 5.32 Å². The van der Waals surface area contributed by atoms with Crippen molar-refractivity contribution in [3.63, 3.8) is 0 Å². The highest BCUT2D eigenvalue weighted by Crippen LogP contribution is 2.36. The number of carbonyl (C=O) groups is 1. The molecule has 0 aliphatic rings. The number of amides is 1. The van der Waals surface area contributed by atoms with Crippen molar-refractivity contribution >= 4 is 22.9 Å². The lowest BCUT2D eigenvalue weighted by Crippen LogP contribution is -2.18. The summed E-state index contributed by atoms with van der Waals surface area (Å²) in [5, 5.41) is 8.07. The van der Waals surface area contributed by atoms with E-state index in [1.54, 1.807) is 24.4 Å². The molecule has 0 unspecified atom stereocenters. The molecule has 3 rings (SSSR count). The molecule has 3 aromatic rings. The van der Waals surface area contributed by atoms with Crippen LogP contribution in [0, 0.1) is 0 Å². The third-order valence-electron chi connectivity index (χ3n) is 3.27. The number of nitrogens with zero attached hydrogens (tertiary/aromatic N) is 2. The van der Waals surface area contributed by atoms with E-state index in [1.807, 2.05) is 5.38 Å². The average Bonchev–Trinajstić information content (AvgIpc) is 3.19. The Hall–Kier alpha value is -2.61. The van der Waals surface area contributed by atoms with Gasteiger partial charge < -0.3 is 5.32 Å². The van der Waals surface area contributed by atoms with Gasteiger partial charge >= 0.3 is 6.18 Å². The number of rotatable bonds is 4. The third kappa shape index (κ3) is 3.65. The van der Waals surface area contributed by atoms with Crippen LogP contribution in [-0.2, 0) is 17.4 Å². The average molecular weight is 351 g/mol. The monoisotopic (exact) mass is 351 g/mol. The summed E-state index contributed by atoms with van der Waals surface area (Å²) < 4.78 is 41.3. The number of carbonyl (C=O) groups excluding carboxylic acids is 1. The Labute approximate surface area is 139 Å². The summed E-state index contributed by atoms with van der Waals surface area (Å²) in [5.74, 6) is -0.491. The van der Waals surface area contributed by atoms with Crippen molar-refractivity contribution in [2.45, 2.75) is 12.6 Å². The molecular formula is C16H12F3N3OS. The van der Waals surface area contributed by atoms with E-state index in [-0.39, 0.29) is 17.8 Å². The van der Waals surface area contributed by atoms with Gasteiger partial charge in [0.15, 0.2) is 0 Å². The van der Waals surface area contributed by atoms with Gasteiger partial charge in [-0.1, -0.05) is 6.07 Å². The number of aromatic nitrogens is 2. The summed E-state index contributed by atoms with van der Waals surface area (Å²) in [7, 11) is 0. The Kier molecular flexibility index (Phi) is 4.39. The SMILES string of the molecule is O=C(Cc1cccs1)Nc1ccc(-n2cccn2)cc1C(F)(F)F. The van der Waals surface area contributed by atoms with Crippen molar-refractivity contribution in [3.05, 3.63) is 64.6 Å². The quantitative estimate of drug-likeness (QED) is 0.768. The number of hydrogen-bond acceptors (Lipinski definition) is 3. The Morgan fingerprint density at radius 2 is 2.08 bits per heavy atom. The van der Waals surface area contributed by atoms with Crippen molar-refractivity contribution in [1.82, 2.24) is 9.78 Å². The molecule has 8 heteroatoms. The van der Waals surface area contributed by atoms with Crippen molar-refractivity contribution < 1.29 is 18.0 Å². The Morgan fingerprint density at radius 1 is 1.25 bits per heavy atom. The largest absolute Gasteiger partial charge is 0.418 e. The van der Waals surface area contributed by atoms with E-state index in [9.17, 15) is 18.0 Å². The standard InChI is InChI=1S/C16H12F3N3OS/c17-16(18,19)13-9-11(22-7-2-6-20-22)4-5-14(13)21-15(23)10-12-3-1-8-24-12/h1-9H,10H2,(H,21,23). The van der Waals surface area contributed by atoms with Crippen LogP contribution >= 0.6 is 11.3 Å². The normalized spacial score (nSPS) is 11.5. The van der Waals surface area contributed by atoms with E-state index >= 15 is 0 Å². The Morgan fingerprint density at radius 3 is 2.71 bits per heavy atom. The van der Waals surface area contributed by atoms with Crippen molar-refractivity contribution in [3.8, 4) is 5.69 Å². The van der Waals surface area contributed by atoms with Crippen LogP contribution in [0.25, 0.3) is 5.69 Å². The number of halogens is 3. The minimum Gasteiger partial charge on any atom is -0.325 e. The Bertz CT molecular complexity index is 827. The second-order valence-electron chi connectivity index (χ2n) is 4.98. The maximum absolute atomic E-state index is 13.3. The summed E-state index contributed by atoms with van der Waals surface area (Å²) in [6.45, 7) is 0. The molecule has 1 aromatic carbocycles. The lowest BCUT2D eigenvalue weighted by Gasteiger charge is -2.15. The molecule has 124 valence electrons. The first-order chi connectivity index (χ1) is 11.4. The molecule has 0 aliphatic carbocycles. The number of alkyl halides is 3. The van der Waals surface area contributed by atoms with Gasteiger partial charge in [-0.25, -0.2) is 4.68 Å². The van der Waals surface area contributed by atoms with Gasteiger partial charge in [0.05, 0.1) is 23.4 Å². The maximum Gasteiger partial charge on any atom is 0.418 e. The molecular weight excluding hydrogens is 339 g/mol. The van der Waals surface area contributed by atoms with E-state index in [0.717, 1.165) is 10.9 Å². The van der Waals surface area contributed by atoms with Crippen LogP contribution in [0.5, 0.6) is 0 Å². The van der Waals surface area contributed by atoms with E-state index < -0.39 is 17.6 Å². The smallest absolute Gasteiger partial charge is 0.325 e. The second kappa shape index (κ2) is 6.48. The van der Waals surface area contributed by atoms with E-state index in [0.29, 0.717) is 0 Å². The summed E-state index contributed by atoms with van der Waals surface area (Å²) >= 11 is 1.38. The molecule has 0 atom stereocenters. The van der Waals surface area contributed by atoms with Gasteiger partial charge in [-0.15, -0.1) is 11.3 Å². The van der Waals surface area contributed by atoms with Crippen LogP contribution in [-0.4, -0.2) is 15.7 Å². The van der Waals surface area contributed by atoms with Gasteiger partial charge in [0, 0.05) is 17.3 Å². The zero-order chi connectivity index (χ0) is 17.2. The molecule has 2 aromatic heterocycles. The predicted molar refractivity (Wildman–Crippen MR) is 85.2 cm³/mol.